The van der Waals surface area contributed by atoms with Crippen molar-refractivity contribution in [3.8, 4) is 0 Å². The monoisotopic (exact) mass is 327 g/mol. The van der Waals surface area contributed by atoms with Crippen molar-refractivity contribution in [2.75, 3.05) is 12.5 Å². The number of alkyl halides is 3. The molecule has 0 amide bonds. The van der Waals surface area contributed by atoms with Crippen LogP contribution >= 0.6 is 23.2 Å². The molecule has 3 nitrogen and oxygen atoms in total. The van der Waals surface area contributed by atoms with Crippen LogP contribution in [0.5, 0.6) is 0 Å². The highest BCUT2D eigenvalue weighted by Gasteiger charge is 2.32. The molecule has 0 aliphatic heterocycles. The summed E-state index contributed by atoms with van der Waals surface area (Å²) in [4.78, 5) is 4.00. The number of nitrogens with zero attached hydrogens (tertiary/aromatic N) is 1. The van der Waals surface area contributed by atoms with Crippen molar-refractivity contribution < 1.29 is 13.2 Å². The Morgan fingerprint density at radius 2 is 1.70 bits per heavy atom. The first-order valence-electron chi connectivity index (χ1n) is 5.71. The Balaban J connectivity index is 2.98. The maximum Gasteiger partial charge on any atom is 0.416 e. The van der Waals surface area contributed by atoms with Gasteiger partial charge in [0, 0.05) is 13.0 Å². The summed E-state index contributed by atoms with van der Waals surface area (Å²) in [6.07, 6.45) is -4.49. The van der Waals surface area contributed by atoms with Gasteiger partial charge in [0.05, 0.1) is 21.3 Å². The molecule has 0 saturated carbocycles. The van der Waals surface area contributed by atoms with E-state index in [0.29, 0.717) is 5.84 Å². The third-order valence-corrected chi connectivity index (χ3v) is 3.07. The second-order valence-corrected chi connectivity index (χ2v) is 5.14. The fourth-order valence-corrected chi connectivity index (χ4v) is 2.02. The Morgan fingerprint density at radius 3 is 2.05 bits per heavy atom. The van der Waals surface area contributed by atoms with Gasteiger partial charge in [-0.15, -0.1) is 0 Å². The van der Waals surface area contributed by atoms with E-state index in [2.05, 4.69) is 15.8 Å². The lowest BCUT2D eigenvalue weighted by atomic mass is 10.2. The molecule has 0 aromatic heterocycles. The minimum Gasteiger partial charge on any atom is -0.297 e. The van der Waals surface area contributed by atoms with Crippen LogP contribution in [0.3, 0.4) is 0 Å². The number of aliphatic imine (C=N–C) groups is 1. The highest BCUT2D eigenvalue weighted by Crippen LogP contribution is 2.38. The summed E-state index contributed by atoms with van der Waals surface area (Å²) in [6, 6.07) is 1.63. The van der Waals surface area contributed by atoms with E-state index in [1.807, 2.05) is 13.8 Å². The van der Waals surface area contributed by atoms with Crippen molar-refractivity contribution in [3.63, 3.8) is 0 Å². The highest BCUT2D eigenvalue weighted by atomic mass is 35.5. The van der Waals surface area contributed by atoms with Gasteiger partial charge in [0.25, 0.3) is 0 Å². The normalized spacial score (nSPS) is 12.8. The standard InChI is InChI=1S/C12H14Cl2F3N3/c1-6(2)11(18-3)20-19-10-8(13)4-7(5-9(10)14)12(15,16)17/h4-6,19H,1-3H3,(H,18,20). The molecule has 1 aromatic rings. The van der Waals surface area contributed by atoms with Gasteiger partial charge in [-0.1, -0.05) is 37.0 Å². The summed E-state index contributed by atoms with van der Waals surface area (Å²) >= 11 is 11.6. The van der Waals surface area contributed by atoms with E-state index in [4.69, 9.17) is 23.2 Å². The molecule has 0 aliphatic carbocycles. The van der Waals surface area contributed by atoms with Gasteiger partial charge >= 0.3 is 6.18 Å². The zero-order valence-electron chi connectivity index (χ0n) is 11.1. The molecule has 8 heteroatoms. The summed E-state index contributed by atoms with van der Waals surface area (Å²) < 4.78 is 37.7. The molecule has 0 fully saturated rings. The molecule has 1 rings (SSSR count). The number of benzene rings is 1. The summed E-state index contributed by atoms with van der Waals surface area (Å²) in [5.74, 6) is 0.733. The molecule has 0 heterocycles. The fourth-order valence-electron chi connectivity index (χ4n) is 1.44. The number of anilines is 1. The van der Waals surface area contributed by atoms with Crippen LogP contribution in [0.2, 0.25) is 10.0 Å². The van der Waals surface area contributed by atoms with Gasteiger partial charge in [-0.2, -0.15) is 13.2 Å². The van der Waals surface area contributed by atoms with Crippen LogP contribution < -0.4 is 10.9 Å². The first-order chi connectivity index (χ1) is 9.16. The lowest BCUT2D eigenvalue weighted by molar-refractivity contribution is -0.137. The molecule has 0 bridgehead atoms. The molecule has 0 radical (unpaired) electrons. The lowest BCUT2D eigenvalue weighted by Gasteiger charge is -2.17. The Kier molecular flexibility index (Phi) is 5.53. The van der Waals surface area contributed by atoms with Crippen LogP contribution in [0.15, 0.2) is 17.1 Å². The summed E-state index contributed by atoms with van der Waals surface area (Å²) in [5.41, 5.74) is 4.73. The maximum atomic E-state index is 12.6. The van der Waals surface area contributed by atoms with E-state index >= 15 is 0 Å². The molecule has 1 aromatic carbocycles. The van der Waals surface area contributed by atoms with E-state index < -0.39 is 11.7 Å². The summed E-state index contributed by atoms with van der Waals surface area (Å²) in [7, 11) is 1.60. The van der Waals surface area contributed by atoms with Gasteiger partial charge in [0.15, 0.2) is 0 Å². The van der Waals surface area contributed by atoms with Crippen LogP contribution in [0.1, 0.15) is 19.4 Å². The Morgan fingerprint density at radius 1 is 1.20 bits per heavy atom. The molecule has 20 heavy (non-hydrogen) atoms. The molecule has 0 atom stereocenters. The Hall–Kier alpha value is -1.14. The minimum atomic E-state index is -4.49. The first-order valence-corrected chi connectivity index (χ1v) is 6.47. The fraction of sp³-hybridized carbons (Fsp3) is 0.417. The number of nitrogens with one attached hydrogen (secondary N) is 2. The highest BCUT2D eigenvalue weighted by molar-refractivity contribution is 6.39. The van der Waals surface area contributed by atoms with Crippen molar-refractivity contribution in [1.29, 1.82) is 0 Å². The zero-order valence-corrected chi connectivity index (χ0v) is 12.6. The molecule has 0 spiro atoms. The molecule has 0 aliphatic rings. The average Bonchev–Trinajstić information content (AvgIpc) is 2.30. The van der Waals surface area contributed by atoms with Crippen molar-refractivity contribution >= 4 is 34.7 Å². The van der Waals surface area contributed by atoms with Crippen LogP contribution in [0, 0.1) is 5.92 Å². The second kappa shape index (κ2) is 6.54. The van der Waals surface area contributed by atoms with Gasteiger partial charge < -0.3 is 0 Å². The van der Waals surface area contributed by atoms with Crippen LogP contribution in [-0.2, 0) is 6.18 Å². The van der Waals surface area contributed by atoms with E-state index in [0.717, 1.165) is 12.1 Å². The van der Waals surface area contributed by atoms with Crippen molar-refractivity contribution in [2.24, 2.45) is 10.9 Å². The van der Waals surface area contributed by atoms with Crippen LogP contribution in [-0.4, -0.2) is 12.9 Å². The number of amidine groups is 1. The van der Waals surface area contributed by atoms with Crippen LogP contribution in [0.4, 0.5) is 18.9 Å². The Labute approximate surface area is 125 Å². The largest absolute Gasteiger partial charge is 0.416 e. The summed E-state index contributed by atoms with van der Waals surface area (Å²) in [5, 5.41) is -0.256. The number of rotatable bonds is 3. The Bertz CT molecular complexity index is 490. The minimum absolute atomic E-state index is 0.111. The molecule has 112 valence electrons. The number of hydrogen-bond acceptors (Lipinski definition) is 2. The zero-order chi connectivity index (χ0) is 15.5. The first kappa shape index (κ1) is 16.9. The molecule has 2 N–H and O–H groups in total. The quantitative estimate of drug-likeness (QED) is 0.483. The van der Waals surface area contributed by atoms with Gasteiger partial charge in [-0.3, -0.25) is 15.8 Å². The number of hydrazine groups is 1. The van der Waals surface area contributed by atoms with Crippen molar-refractivity contribution in [3.05, 3.63) is 27.7 Å². The number of hydrogen-bond donors (Lipinski definition) is 2. The molecule has 0 unspecified atom stereocenters. The predicted molar refractivity (Wildman–Crippen MR) is 76.4 cm³/mol. The second-order valence-electron chi connectivity index (χ2n) is 4.33. The van der Waals surface area contributed by atoms with E-state index in [-0.39, 0.29) is 21.7 Å². The molecular formula is C12H14Cl2F3N3. The predicted octanol–water partition coefficient (Wildman–Crippen LogP) is 4.61. The van der Waals surface area contributed by atoms with E-state index in [9.17, 15) is 13.2 Å². The van der Waals surface area contributed by atoms with Gasteiger partial charge in [-0.25, -0.2) is 0 Å². The third-order valence-electron chi connectivity index (χ3n) is 2.47. The lowest BCUT2D eigenvalue weighted by Crippen LogP contribution is -2.33. The van der Waals surface area contributed by atoms with Crippen molar-refractivity contribution in [2.45, 2.75) is 20.0 Å². The van der Waals surface area contributed by atoms with Gasteiger partial charge in [0.1, 0.15) is 5.84 Å². The smallest absolute Gasteiger partial charge is 0.297 e. The SMILES string of the molecule is CN=C(NNc1c(Cl)cc(C(F)(F)F)cc1Cl)C(C)C. The maximum absolute atomic E-state index is 12.6. The number of halogens is 5. The van der Waals surface area contributed by atoms with Gasteiger partial charge in [0.2, 0.25) is 0 Å². The third kappa shape index (κ3) is 4.18. The average molecular weight is 328 g/mol. The van der Waals surface area contributed by atoms with E-state index in [1.54, 1.807) is 7.05 Å². The topological polar surface area (TPSA) is 36.4 Å². The molecule has 0 saturated heterocycles. The van der Waals surface area contributed by atoms with Crippen LogP contribution in [0.25, 0.3) is 0 Å². The summed E-state index contributed by atoms with van der Waals surface area (Å²) in [6.45, 7) is 3.82. The van der Waals surface area contributed by atoms with Crippen molar-refractivity contribution in [1.82, 2.24) is 5.43 Å². The van der Waals surface area contributed by atoms with Gasteiger partial charge in [-0.05, 0) is 12.1 Å². The van der Waals surface area contributed by atoms with E-state index in [1.165, 1.54) is 0 Å². The molecular weight excluding hydrogens is 314 g/mol.